The molecule has 9 heteroatoms. The molecule has 2 aromatic carbocycles. The van der Waals surface area contributed by atoms with Crippen LogP contribution >= 0.6 is 15.9 Å². The van der Waals surface area contributed by atoms with Crippen molar-refractivity contribution in [3.05, 3.63) is 71.1 Å². The van der Waals surface area contributed by atoms with Crippen LogP contribution in [0.4, 0.5) is 5.69 Å². The molecule has 1 N–H and O–H groups in total. The number of nitrogens with zero attached hydrogens (tertiary/aromatic N) is 1. The Kier molecular flexibility index (Phi) is 5.72. The van der Waals surface area contributed by atoms with Gasteiger partial charge in [0.15, 0.2) is 20.3 Å². The molecule has 1 saturated heterocycles. The number of halogens is 1. The van der Waals surface area contributed by atoms with Crippen molar-refractivity contribution >= 4 is 43.3 Å². The minimum atomic E-state index is -3.37. The van der Waals surface area contributed by atoms with Crippen LogP contribution < -0.4 is 10.2 Å². The molecule has 0 aliphatic carbocycles. The van der Waals surface area contributed by atoms with E-state index in [0.717, 1.165) is 5.56 Å². The second-order valence-corrected chi connectivity index (χ2v) is 10.1. The van der Waals surface area contributed by atoms with Crippen molar-refractivity contribution in [3.8, 4) is 11.1 Å². The molecule has 160 valence electrons. The lowest BCUT2D eigenvalue weighted by Crippen LogP contribution is -2.37. The zero-order chi connectivity index (χ0) is 22.2. The van der Waals surface area contributed by atoms with Crippen molar-refractivity contribution in [1.82, 2.24) is 5.32 Å². The summed E-state index contributed by atoms with van der Waals surface area (Å²) in [5, 5.41) is 2.82. The number of sulfone groups is 1. The average Bonchev–Trinajstić information content (AvgIpc) is 3.33. The number of rotatable bonds is 5. The largest absolute Gasteiger partial charge is 0.444 e. The monoisotopic (exact) mass is 502 g/mol. The fraction of sp³-hybridized carbons (Fsp3) is 0.182. The van der Waals surface area contributed by atoms with Crippen LogP contribution in [-0.4, -0.2) is 39.1 Å². The van der Waals surface area contributed by atoms with E-state index in [1.807, 2.05) is 0 Å². The molecule has 1 aliphatic heterocycles. The van der Waals surface area contributed by atoms with Gasteiger partial charge in [-0.15, -0.1) is 0 Å². The number of anilines is 1. The van der Waals surface area contributed by atoms with Crippen molar-refractivity contribution in [1.29, 1.82) is 0 Å². The Labute approximate surface area is 188 Å². The first kappa shape index (κ1) is 21.3. The summed E-state index contributed by atoms with van der Waals surface area (Å²) in [6.45, 7) is 0.339. The molecule has 7 nitrogen and oxygen atoms in total. The summed E-state index contributed by atoms with van der Waals surface area (Å²) >= 11 is 3.16. The van der Waals surface area contributed by atoms with Crippen LogP contribution in [0.5, 0.6) is 0 Å². The first-order chi connectivity index (χ1) is 14.7. The summed E-state index contributed by atoms with van der Waals surface area (Å²) in [4.78, 5) is 26.6. The molecule has 4 rings (SSSR count). The van der Waals surface area contributed by atoms with E-state index < -0.39 is 9.84 Å². The van der Waals surface area contributed by atoms with Gasteiger partial charge in [0.25, 0.3) is 5.91 Å². The number of hydrogen-bond donors (Lipinski definition) is 1. The van der Waals surface area contributed by atoms with Crippen molar-refractivity contribution in [3.63, 3.8) is 0 Å². The van der Waals surface area contributed by atoms with Gasteiger partial charge in [-0.25, -0.2) is 8.42 Å². The summed E-state index contributed by atoms with van der Waals surface area (Å²) in [5.74, 6) is -0.306. The Balaban J connectivity index is 1.50. The molecule has 1 fully saturated rings. The number of benzene rings is 2. The fourth-order valence-corrected chi connectivity index (χ4v) is 4.81. The summed E-state index contributed by atoms with van der Waals surface area (Å²) in [5.41, 5.74) is 2.03. The van der Waals surface area contributed by atoms with Crippen LogP contribution in [0.2, 0.25) is 0 Å². The van der Waals surface area contributed by atoms with Crippen molar-refractivity contribution in [2.24, 2.45) is 0 Å². The van der Waals surface area contributed by atoms with E-state index in [0.29, 0.717) is 22.5 Å². The fourth-order valence-electron chi connectivity index (χ4n) is 3.60. The van der Waals surface area contributed by atoms with Gasteiger partial charge in [-0.2, -0.15) is 0 Å². The molecule has 1 aromatic heterocycles. The van der Waals surface area contributed by atoms with Crippen LogP contribution in [0.15, 0.2) is 74.6 Å². The summed E-state index contributed by atoms with van der Waals surface area (Å²) in [6.07, 6.45) is 1.37. The third kappa shape index (κ3) is 4.57. The zero-order valence-corrected chi connectivity index (χ0v) is 18.9. The molecule has 3 aromatic rings. The van der Waals surface area contributed by atoms with Gasteiger partial charge in [-0.05, 0) is 51.8 Å². The standard InChI is InChI=1S/C22H19BrN2O5S/c1-31(28,29)19-5-3-2-4-17(19)14-6-8-16(9-7-14)25-13-15(12-21(25)26)24-22(27)18-10-11-20(23)30-18/h2-11,15H,12-13H2,1H3,(H,24,27). The van der Waals surface area contributed by atoms with Gasteiger partial charge in [0, 0.05) is 30.5 Å². The predicted octanol–water partition coefficient (Wildman–Crippen LogP) is 3.65. The van der Waals surface area contributed by atoms with Crippen LogP contribution in [0.1, 0.15) is 17.0 Å². The third-order valence-electron chi connectivity index (χ3n) is 5.03. The van der Waals surface area contributed by atoms with Gasteiger partial charge >= 0.3 is 0 Å². The molecule has 1 unspecified atom stereocenters. The number of carbonyl (C=O) groups is 2. The van der Waals surface area contributed by atoms with E-state index in [1.54, 1.807) is 65.6 Å². The Morgan fingerprint density at radius 3 is 2.45 bits per heavy atom. The van der Waals surface area contributed by atoms with Crippen LogP contribution in [-0.2, 0) is 14.6 Å². The molecule has 1 aliphatic rings. The van der Waals surface area contributed by atoms with E-state index >= 15 is 0 Å². The van der Waals surface area contributed by atoms with Gasteiger partial charge in [0.2, 0.25) is 5.91 Å². The molecule has 0 saturated carbocycles. The topological polar surface area (TPSA) is 96.7 Å². The maximum atomic E-state index is 12.5. The van der Waals surface area contributed by atoms with E-state index in [1.165, 1.54) is 6.26 Å². The van der Waals surface area contributed by atoms with Gasteiger partial charge in [-0.1, -0.05) is 30.3 Å². The Morgan fingerprint density at radius 1 is 1.10 bits per heavy atom. The minimum Gasteiger partial charge on any atom is -0.444 e. The number of amides is 2. The molecule has 0 spiro atoms. The molecular weight excluding hydrogens is 484 g/mol. The van der Waals surface area contributed by atoms with E-state index in [4.69, 9.17) is 4.42 Å². The van der Waals surface area contributed by atoms with Crippen LogP contribution in [0.3, 0.4) is 0 Å². The lowest BCUT2D eigenvalue weighted by atomic mass is 10.1. The smallest absolute Gasteiger partial charge is 0.287 e. The first-order valence-corrected chi connectivity index (χ1v) is 12.2. The average molecular weight is 503 g/mol. The maximum Gasteiger partial charge on any atom is 0.287 e. The number of hydrogen-bond acceptors (Lipinski definition) is 5. The number of nitrogens with one attached hydrogen (secondary N) is 1. The van der Waals surface area contributed by atoms with Gasteiger partial charge < -0.3 is 14.6 Å². The SMILES string of the molecule is CS(=O)(=O)c1ccccc1-c1ccc(N2CC(NC(=O)c3ccc(Br)o3)CC2=O)cc1. The summed E-state index contributed by atoms with van der Waals surface area (Å²) < 4.78 is 29.9. The van der Waals surface area contributed by atoms with Gasteiger partial charge in [0.1, 0.15) is 0 Å². The molecule has 0 radical (unpaired) electrons. The molecular formula is C22H19BrN2O5S. The van der Waals surface area contributed by atoms with E-state index in [2.05, 4.69) is 21.2 Å². The second kappa shape index (κ2) is 8.32. The lowest BCUT2D eigenvalue weighted by molar-refractivity contribution is -0.117. The molecule has 1 atom stereocenters. The highest BCUT2D eigenvalue weighted by Crippen LogP contribution is 2.30. The first-order valence-electron chi connectivity index (χ1n) is 9.48. The predicted molar refractivity (Wildman–Crippen MR) is 120 cm³/mol. The summed E-state index contributed by atoms with van der Waals surface area (Å²) in [6, 6.07) is 16.8. The van der Waals surface area contributed by atoms with E-state index in [9.17, 15) is 18.0 Å². The van der Waals surface area contributed by atoms with Crippen molar-refractivity contribution < 1.29 is 22.4 Å². The number of furan rings is 1. The quantitative estimate of drug-likeness (QED) is 0.574. The highest BCUT2D eigenvalue weighted by Gasteiger charge is 2.32. The molecule has 31 heavy (non-hydrogen) atoms. The van der Waals surface area contributed by atoms with Crippen LogP contribution in [0.25, 0.3) is 11.1 Å². The molecule has 2 amide bonds. The minimum absolute atomic E-state index is 0.102. The lowest BCUT2D eigenvalue weighted by Gasteiger charge is -2.18. The molecule has 2 heterocycles. The van der Waals surface area contributed by atoms with Gasteiger partial charge in [-0.3, -0.25) is 9.59 Å². The number of carbonyl (C=O) groups excluding carboxylic acids is 2. The Hall–Kier alpha value is -2.91. The Bertz CT molecular complexity index is 1250. The highest BCUT2D eigenvalue weighted by molar-refractivity contribution is 9.10. The second-order valence-electron chi connectivity index (χ2n) is 7.30. The third-order valence-corrected chi connectivity index (χ3v) is 6.61. The van der Waals surface area contributed by atoms with Gasteiger partial charge in [0.05, 0.1) is 10.9 Å². The summed E-state index contributed by atoms with van der Waals surface area (Å²) in [7, 11) is -3.37. The van der Waals surface area contributed by atoms with E-state index in [-0.39, 0.29) is 34.9 Å². The van der Waals surface area contributed by atoms with Crippen molar-refractivity contribution in [2.45, 2.75) is 17.4 Å². The maximum absolute atomic E-state index is 12.5. The zero-order valence-electron chi connectivity index (χ0n) is 16.5. The normalized spacial score (nSPS) is 16.5. The van der Waals surface area contributed by atoms with Crippen LogP contribution in [0, 0.1) is 0 Å². The highest BCUT2D eigenvalue weighted by atomic mass is 79.9. The van der Waals surface area contributed by atoms with Crippen molar-refractivity contribution in [2.75, 3.05) is 17.7 Å². The Morgan fingerprint density at radius 2 is 1.81 bits per heavy atom. The molecule has 0 bridgehead atoms.